The number of fused-ring (bicyclic) bond motifs is 5. The maximum absolute atomic E-state index is 11.4. The molecule has 4 rings (SSSR count). The monoisotopic (exact) mass is 348 g/mol. The second kappa shape index (κ2) is 5.97. The van der Waals surface area contributed by atoms with E-state index in [9.17, 15) is 9.90 Å². The zero-order valence-electron chi connectivity index (χ0n) is 16.1. The number of hydrogen-bond donors (Lipinski definition) is 2. The minimum absolute atomic E-state index is 0.0680. The minimum Gasteiger partial charge on any atom is -0.481 e. The summed E-state index contributed by atoms with van der Waals surface area (Å²) in [6, 6.07) is 0. The van der Waals surface area contributed by atoms with Crippen molar-refractivity contribution >= 4 is 5.97 Å². The molecule has 4 aliphatic carbocycles. The Morgan fingerprint density at radius 2 is 1.72 bits per heavy atom. The van der Waals surface area contributed by atoms with Gasteiger partial charge in [0.05, 0.1) is 5.60 Å². The third-order valence-corrected chi connectivity index (χ3v) is 9.66. The van der Waals surface area contributed by atoms with E-state index in [1.807, 2.05) is 0 Å². The maximum atomic E-state index is 11.4. The second-order valence-corrected chi connectivity index (χ2v) is 10.3. The Morgan fingerprint density at radius 3 is 2.48 bits per heavy atom. The Morgan fingerprint density at radius 1 is 0.960 bits per heavy atom. The highest BCUT2D eigenvalue weighted by Crippen LogP contribution is 2.68. The Hall–Kier alpha value is -0.570. The number of aliphatic hydroxyl groups is 1. The Balaban J connectivity index is 1.58. The van der Waals surface area contributed by atoms with Gasteiger partial charge in [0.25, 0.3) is 0 Å². The van der Waals surface area contributed by atoms with Crippen molar-refractivity contribution in [3.63, 3.8) is 0 Å². The maximum Gasteiger partial charge on any atom is 0.303 e. The van der Waals surface area contributed by atoms with Gasteiger partial charge in [-0.15, -0.1) is 0 Å². The number of rotatable bonds is 3. The zero-order valence-corrected chi connectivity index (χ0v) is 16.1. The van der Waals surface area contributed by atoms with Crippen LogP contribution in [0.1, 0.15) is 90.9 Å². The van der Waals surface area contributed by atoms with Crippen LogP contribution in [0.25, 0.3) is 0 Å². The molecule has 3 heteroatoms. The van der Waals surface area contributed by atoms with E-state index < -0.39 is 11.6 Å². The first-order chi connectivity index (χ1) is 11.8. The summed E-state index contributed by atoms with van der Waals surface area (Å²) < 4.78 is 0. The molecule has 0 radical (unpaired) electrons. The smallest absolute Gasteiger partial charge is 0.303 e. The molecule has 0 saturated heterocycles. The van der Waals surface area contributed by atoms with Crippen molar-refractivity contribution in [1.82, 2.24) is 0 Å². The van der Waals surface area contributed by atoms with Crippen LogP contribution in [0, 0.1) is 34.5 Å². The normalized spacial score (nSPS) is 52.1. The van der Waals surface area contributed by atoms with E-state index in [0.717, 1.165) is 37.0 Å². The molecular formula is C22H36O3. The first-order valence-electron chi connectivity index (χ1n) is 10.7. The summed E-state index contributed by atoms with van der Waals surface area (Å²) in [5.41, 5.74) is -0.295. The molecule has 4 aliphatic rings. The van der Waals surface area contributed by atoms with Crippen LogP contribution >= 0.6 is 0 Å². The molecule has 0 bridgehead atoms. The van der Waals surface area contributed by atoms with Crippen LogP contribution in [-0.2, 0) is 4.79 Å². The lowest BCUT2D eigenvalue weighted by Crippen LogP contribution is -2.56. The quantitative estimate of drug-likeness (QED) is 0.753. The van der Waals surface area contributed by atoms with Gasteiger partial charge in [-0.2, -0.15) is 0 Å². The molecule has 7 atom stereocenters. The summed E-state index contributed by atoms with van der Waals surface area (Å²) >= 11 is 0. The Labute approximate surface area is 152 Å². The first-order valence-corrected chi connectivity index (χ1v) is 10.7. The minimum atomic E-state index is -0.774. The van der Waals surface area contributed by atoms with Crippen LogP contribution in [0.3, 0.4) is 0 Å². The summed E-state index contributed by atoms with van der Waals surface area (Å²) in [5, 5.41) is 20.5. The molecule has 3 nitrogen and oxygen atoms in total. The number of carboxylic acids is 1. The zero-order chi connectivity index (χ0) is 17.9. The lowest BCUT2D eigenvalue weighted by atomic mass is 9.44. The highest BCUT2D eigenvalue weighted by molar-refractivity contribution is 5.66. The lowest BCUT2D eigenvalue weighted by Gasteiger charge is -2.61. The van der Waals surface area contributed by atoms with Crippen molar-refractivity contribution in [3.8, 4) is 0 Å². The van der Waals surface area contributed by atoms with Crippen molar-refractivity contribution in [2.24, 2.45) is 34.5 Å². The highest BCUT2D eigenvalue weighted by atomic mass is 16.4. The van der Waals surface area contributed by atoms with Gasteiger partial charge in [0.2, 0.25) is 0 Å². The van der Waals surface area contributed by atoms with Gasteiger partial charge in [0.1, 0.15) is 0 Å². The van der Waals surface area contributed by atoms with Gasteiger partial charge in [0.15, 0.2) is 0 Å². The molecule has 142 valence electrons. The van der Waals surface area contributed by atoms with E-state index in [-0.39, 0.29) is 11.8 Å². The number of carboxylic acid groups (broad SMARTS) is 1. The molecule has 0 aromatic heterocycles. The molecule has 0 spiro atoms. The molecule has 0 amide bonds. The number of hydrogen-bond acceptors (Lipinski definition) is 2. The van der Waals surface area contributed by atoms with Crippen LogP contribution in [0.4, 0.5) is 0 Å². The summed E-state index contributed by atoms with van der Waals surface area (Å²) in [6.45, 7) is 4.87. The number of aliphatic carboxylic acids is 1. The van der Waals surface area contributed by atoms with Crippen molar-refractivity contribution in [1.29, 1.82) is 0 Å². The fraction of sp³-hybridized carbons (Fsp3) is 0.955. The summed E-state index contributed by atoms with van der Waals surface area (Å²) in [5.74, 6) is 2.36. The van der Waals surface area contributed by atoms with Crippen molar-refractivity contribution in [2.75, 3.05) is 0 Å². The van der Waals surface area contributed by atoms with Crippen LogP contribution in [0.5, 0.6) is 0 Å². The predicted octanol–water partition coefficient (Wildman–Crippen LogP) is 5.02. The van der Waals surface area contributed by atoms with E-state index in [1.165, 1.54) is 44.9 Å². The number of carbonyl (C=O) groups is 1. The summed E-state index contributed by atoms with van der Waals surface area (Å²) in [7, 11) is 0. The van der Waals surface area contributed by atoms with Crippen LogP contribution in [-0.4, -0.2) is 21.8 Å². The van der Waals surface area contributed by atoms with E-state index in [2.05, 4.69) is 13.8 Å². The van der Waals surface area contributed by atoms with Gasteiger partial charge in [0, 0.05) is 6.42 Å². The largest absolute Gasteiger partial charge is 0.481 e. The van der Waals surface area contributed by atoms with Gasteiger partial charge in [-0.3, -0.25) is 4.79 Å². The molecule has 0 heterocycles. The van der Waals surface area contributed by atoms with Gasteiger partial charge in [-0.25, -0.2) is 0 Å². The third kappa shape index (κ3) is 2.51. The summed E-state index contributed by atoms with van der Waals surface area (Å²) in [4.78, 5) is 11.1. The third-order valence-electron chi connectivity index (χ3n) is 9.66. The fourth-order valence-electron chi connectivity index (χ4n) is 8.13. The van der Waals surface area contributed by atoms with Crippen LogP contribution < -0.4 is 0 Å². The molecule has 0 aromatic carbocycles. The summed E-state index contributed by atoms with van der Waals surface area (Å²) in [6.07, 6.45) is 13.2. The molecule has 4 fully saturated rings. The molecule has 25 heavy (non-hydrogen) atoms. The Bertz CT molecular complexity index is 545. The van der Waals surface area contributed by atoms with Crippen LogP contribution in [0.15, 0.2) is 0 Å². The molecule has 0 aliphatic heterocycles. The van der Waals surface area contributed by atoms with E-state index >= 15 is 0 Å². The van der Waals surface area contributed by atoms with Gasteiger partial charge in [-0.1, -0.05) is 26.7 Å². The second-order valence-electron chi connectivity index (χ2n) is 10.3. The molecule has 4 saturated carbocycles. The van der Waals surface area contributed by atoms with Crippen LogP contribution in [0.2, 0.25) is 0 Å². The van der Waals surface area contributed by atoms with E-state index in [1.54, 1.807) is 0 Å². The topological polar surface area (TPSA) is 57.5 Å². The van der Waals surface area contributed by atoms with E-state index in [0.29, 0.717) is 17.8 Å². The van der Waals surface area contributed by atoms with Crippen molar-refractivity contribution in [2.45, 2.75) is 96.5 Å². The molecular weight excluding hydrogens is 312 g/mol. The van der Waals surface area contributed by atoms with Crippen molar-refractivity contribution < 1.29 is 15.0 Å². The highest BCUT2D eigenvalue weighted by Gasteiger charge is 2.63. The fourth-order valence-corrected chi connectivity index (χ4v) is 8.13. The van der Waals surface area contributed by atoms with E-state index in [4.69, 9.17) is 5.11 Å². The molecule has 0 aromatic rings. The van der Waals surface area contributed by atoms with Gasteiger partial charge in [-0.05, 0) is 92.3 Å². The van der Waals surface area contributed by atoms with Gasteiger partial charge >= 0.3 is 5.97 Å². The first kappa shape index (κ1) is 17.8. The molecule has 1 unspecified atom stereocenters. The average Bonchev–Trinajstić information content (AvgIpc) is 2.84. The predicted molar refractivity (Wildman–Crippen MR) is 98.2 cm³/mol. The molecule has 2 N–H and O–H groups in total. The average molecular weight is 349 g/mol. The van der Waals surface area contributed by atoms with Crippen molar-refractivity contribution in [3.05, 3.63) is 0 Å². The van der Waals surface area contributed by atoms with Gasteiger partial charge < -0.3 is 10.2 Å². The lowest BCUT2D eigenvalue weighted by molar-refractivity contribution is -0.158. The SMILES string of the molecule is C[C@]12CCCCC1CC[C@@H]1[C@@H]2CC[C@@]2(C)[C@H]1CC[C@]2(O)CCC(=O)O. The Kier molecular flexibility index (Phi) is 4.26. The standard InChI is InChI=1S/C22H36O3/c1-20-11-4-3-5-15(20)6-7-16-17(20)8-12-21(2)18(16)9-13-22(21,25)14-10-19(23)24/h15-18,25H,3-14H2,1-2H3,(H,23,24)/t15?,16-,17+,18+,20+,21+,22+/m1/s1.